The Kier molecular flexibility index (Phi) is 4.90. The van der Waals surface area contributed by atoms with Gasteiger partial charge in [-0.2, -0.15) is 0 Å². The number of methoxy groups -OCH3 is 1. The van der Waals surface area contributed by atoms with E-state index < -0.39 is 35.2 Å². The molecule has 9 heteroatoms. The largest absolute Gasteiger partial charge is 0.467 e. The molecule has 0 aliphatic carbocycles. The first-order valence-corrected chi connectivity index (χ1v) is 8.02. The first-order chi connectivity index (χ1) is 12.3. The van der Waals surface area contributed by atoms with Crippen molar-refractivity contribution in [3.63, 3.8) is 0 Å². The number of hydrogen-bond acceptors (Lipinski definition) is 6. The number of oxime groups is 1. The fraction of sp³-hybridized carbons (Fsp3) is 0.471. The molecule has 1 fully saturated rings. The number of benzene rings is 1. The van der Waals surface area contributed by atoms with Crippen LogP contribution in [0.25, 0.3) is 0 Å². The second kappa shape index (κ2) is 6.99. The molecular weight excluding hydrogens is 350 g/mol. The van der Waals surface area contributed by atoms with Crippen LogP contribution in [0.5, 0.6) is 0 Å². The minimum atomic E-state index is -1.32. The molecule has 0 unspecified atom stereocenters. The van der Waals surface area contributed by atoms with Crippen molar-refractivity contribution >= 4 is 17.6 Å². The first kappa shape index (κ1) is 18.2. The second-order valence-corrected chi connectivity index (χ2v) is 6.45. The molecule has 26 heavy (non-hydrogen) atoms. The predicted octanol–water partition coefficient (Wildman–Crippen LogP) is 1.29. The van der Waals surface area contributed by atoms with Crippen LogP contribution in [0.4, 0.5) is 8.78 Å². The molecule has 1 aromatic carbocycles. The topological polar surface area (TPSA) is 86.2 Å². The highest BCUT2D eigenvalue weighted by molar-refractivity contribution is 6.05. The Morgan fingerprint density at radius 3 is 2.65 bits per heavy atom. The molecule has 1 saturated heterocycles. The van der Waals surface area contributed by atoms with E-state index in [0.717, 1.165) is 18.2 Å². The standard InChI is InChI=1S/C17H18F2N2O5/c1-17(16(23)20-12-6-14(25-8-12)15(22)24-2)7-13(21-26-17)9-3-10(18)5-11(19)4-9/h3-5,12,14H,6-8H2,1-2H3,(H,20,23)/t12-,14+,17+/m0/s1. The van der Waals surface area contributed by atoms with Crippen molar-refractivity contribution in [1.82, 2.24) is 5.32 Å². The maximum Gasteiger partial charge on any atom is 0.335 e. The number of carbonyl (C=O) groups excluding carboxylic acids is 2. The highest BCUT2D eigenvalue weighted by Gasteiger charge is 2.44. The molecular formula is C17H18F2N2O5. The van der Waals surface area contributed by atoms with Gasteiger partial charge in [0.1, 0.15) is 11.6 Å². The third kappa shape index (κ3) is 3.67. The van der Waals surface area contributed by atoms with Crippen LogP contribution in [-0.2, 0) is 23.9 Å². The van der Waals surface area contributed by atoms with Gasteiger partial charge in [0, 0.05) is 24.5 Å². The van der Waals surface area contributed by atoms with Crippen molar-refractivity contribution in [3.8, 4) is 0 Å². The Morgan fingerprint density at radius 2 is 2.00 bits per heavy atom. The summed E-state index contributed by atoms with van der Waals surface area (Å²) >= 11 is 0. The molecule has 3 atom stereocenters. The van der Waals surface area contributed by atoms with E-state index in [0.29, 0.717) is 0 Å². The van der Waals surface area contributed by atoms with E-state index in [1.54, 1.807) is 0 Å². The zero-order chi connectivity index (χ0) is 18.9. The van der Waals surface area contributed by atoms with Gasteiger partial charge in [-0.15, -0.1) is 0 Å². The van der Waals surface area contributed by atoms with Gasteiger partial charge >= 0.3 is 5.97 Å². The minimum absolute atomic E-state index is 0.0513. The smallest absolute Gasteiger partial charge is 0.335 e. The average molecular weight is 368 g/mol. The van der Waals surface area contributed by atoms with Crippen LogP contribution in [0.1, 0.15) is 25.3 Å². The Hall–Kier alpha value is -2.55. The molecule has 1 N–H and O–H groups in total. The van der Waals surface area contributed by atoms with Gasteiger partial charge in [-0.3, -0.25) is 4.79 Å². The van der Waals surface area contributed by atoms with E-state index in [4.69, 9.17) is 9.57 Å². The zero-order valence-corrected chi connectivity index (χ0v) is 14.3. The lowest BCUT2D eigenvalue weighted by atomic mass is 9.94. The third-order valence-electron chi connectivity index (χ3n) is 4.33. The molecule has 0 saturated carbocycles. The van der Waals surface area contributed by atoms with Gasteiger partial charge in [0.25, 0.3) is 5.91 Å². The maximum absolute atomic E-state index is 13.4. The van der Waals surface area contributed by atoms with Crippen molar-refractivity contribution in [2.24, 2.45) is 5.16 Å². The molecule has 0 radical (unpaired) electrons. The van der Waals surface area contributed by atoms with Crippen LogP contribution < -0.4 is 5.32 Å². The monoisotopic (exact) mass is 368 g/mol. The fourth-order valence-corrected chi connectivity index (χ4v) is 2.90. The molecule has 0 aromatic heterocycles. The van der Waals surface area contributed by atoms with Gasteiger partial charge in [-0.25, -0.2) is 13.6 Å². The van der Waals surface area contributed by atoms with Crippen LogP contribution >= 0.6 is 0 Å². The average Bonchev–Trinajstić information content (AvgIpc) is 3.21. The quantitative estimate of drug-likeness (QED) is 0.810. The van der Waals surface area contributed by atoms with Gasteiger partial charge in [0.05, 0.1) is 25.5 Å². The number of esters is 1. The van der Waals surface area contributed by atoms with E-state index in [1.165, 1.54) is 14.0 Å². The number of nitrogens with zero attached hydrogens (tertiary/aromatic N) is 1. The Balaban J connectivity index is 1.62. The van der Waals surface area contributed by atoms with Gasteiger partial charge in [-0.1, -0.05) is 5.16 Å². The number of halogens is 2. The second-order valence-electron chi connectivity index (χ2n) is 6.45. The molecule has 7 nitrogen and oxygen atoms in total. The number of ether oxygens (including phenoxy) is 2. The van der Waals surface area contributed by atoms with Crippen molar-refractivity contribution in [2.75, 3.05) is 13.7 Å². The molecule has 3 rings (SSSR count). The van der Waals surface area contributed by atoms with Crippen molar-refractivity contribution in [3.05, 3.63) is 35.4 Å². The van der Waals surface area contributed by atoms with Crippen LogP contribution in [-0.4, -0.2) is 49.1 Å². The number of carbonyl (C=O) groups is 2. The van der Waals surface area contributed by atoms with E-state index in [-0.39, 0.29) is 36.8 Å². The first-order valence-electron chi connectivity index (χ1n) is 8.02. The number of nitrogens with one attached hydrogen (secondary N) is 1. The fourth-order valence-electron chi connectivity index (χ4n) is 2.90. The molecule has 1 aromatic rings. The normalized spacial score (nSPS) is 27.6. The highest BCUT2D eigenvalue weighted by Crippen LogP contribution is 2.28. The third-order valence-corrected chi connectivity index (χ3v) is 4.33. The van der Waals surface area contributed by atoms with Crippen molar-refractivity contribution < 1.29 is 32.7 Å². The predicted molar refractivity (Wildman–Crippen MR) is 85.3 cm³/mol. The Labute approximate surface area is 148 Å². The summed E-state index contributed by atoms with van der Waals surface area (Å²) in [4.78, 5) is 29.3. The molecule has 2 heterocycles. The Morgan fingerprint density at radius 1 is 1.31 bits per heavy atom. The lowest BCUT2D eigenvalue weighted by Gasteiger charge is -2.22. The molecule has 0 spiro atoms. The molecule has 2 aliphatic heterocycles. The zero-order valence-electron chi connectivity index (χ0n) is 14.3. The number of hydrogen-bond donors (Lipinski definition) is 1. The summed E-state index contributed by atoms with van der Waals surface area (Å²) in [6.45, 7) is 1.70. The lowest BCUT2D eigenvalue weighted by molar-refractivity contribution is -0.151. The maximum atomic E-state index is 13.4. The van der Waals surface area contributed by atoms with Crippen LogP contribution in [0.15, 0.2) is 23.4 Å². The summed E-state index contributed by atoms with van der Waals surface area (Å²) in [6.07, 6.45) is -0.378. The molecule has 2 aliphatic rings. The van der Waals surface area contributed by atoms with Crippen LogP contribution in [0.3, 0.4) is 0 Å². The van der Waals surface area contributed by atoms with E-state index in [1.807, 2.05) is 0 Å². The summed E-state index contributed by atoms with van der Waals surface area (Å²) in [5.74, 6) is -2.42. The van der Waals surface area contributed by atoms with Crippen molar-refractivity contribution in [1.29, 1.82) is 0 Å². The number of amides is 1. The molecule has 140 valence electrons. The van der Waals surface area contributed by atoms with Crippen LogP contribution in [0.2, 0.25) is 0 Å². The van der Waals surface area contributed by atoms with E-state index >= 15 is 0 Å². The van der Waals surface area contributed by atoms with Crippen molar-refractivity contribution in [2.45, 2.75) is 37.5 Å². The summed E-state index contributed by atoms with van der Waals surface area (Å²) in [7, 11) is 1.26. The van der Waals surface area contributed by atoms with E-state index in [2.05, 4.69) is 15.2 Å². The summed E-state index contributed by atoms with van der Waals surface area (Å²) < 4.78 is 36.6. The van der Waals surface area contributed by atoms with E-state index in [9.17, 15) is 18.4 Å². The van der Waals surface area contributed by atoms with Gasteiger partial charge in [0.15, 0.2) is 6.10 Å². The van der Waals surface area contributed by atoms with Crippen LogP contribution in [0, 0.1) is 11.6 Å². The molecule has 1 amide bonds. The highest BCUT2D eigenvalue weighted by atomic mass is 19.1. The summed E-state index contributed by atoms with van der Waals surface area (Å²) in [5, 5.41) is 6.56. The van der Waals surface area contributed by atoms with Gasteiger partial charge in [-0.05, 0) is 19.1 Å². The SMILES string of the molecule is COC(=O)[C@H]1C[C@H](NC(=O)[C@@]2(C)CC(c3cc(F)cc(F)c3)=NO2)CO1. The van der Waals surface area contributed by atoms with Gasteiger partial charge in [0.2, 0.25) is 5.60 Å². The number of rotatable bonds is 4. The Bertz CT molecular complexity index is 749. The minimum Gasteiger partial charge on any atom is -0.467 e. The summed E-state index contributed by atoms with van der Waals surface area (Å²) in [5.41, 5.74) is -0.827. The molecule has 0 bridgehead atoms. The summed E-state index contributed by atoms with van der Waals surface area (Å²) in [6, 6.07) is 2.63. The lowest BCUT2D eigenvalue weighted by Crippen LogP contribution is -2.49. The van der Waals surface area contributed by atoms with Gasteiger partial charge < -0.3 is 19.6 Å².